The highest BCUT2D eigenvalue weighted by atomic mass is 79.9. The number of nitrogens with one attached hydrogen (secondary N) is 1. The van der Waals surface area contributed by atoms with Gasteiger partial charge >= 0.3 is 0 Å². The molecule has 2 aromatic rings. The first kappa shape index (κ1) is 25.4. The van der Waals surface area contributed by atoms with Gasteiger partial charge in [-0.2, -0.15) is 4.31 Å². The van der Waals surface area contributed by atoms with Crippen LogP contribution in [-0.2, 0) is 10.0 Å². The molecule has 0 aromatic heterocycles. The number of nitrogens with zero attached hydrogens (tertiary/aromatic N) is 1. The van der Waals surface area contributed by atoms with Gasteiger partial charge in [-0.3, -0.25) is 4.79 Å². The van der Waals surface area contributed by atoms with Gasteiger partial charge < -0.3 is 10.1 Å². The first-order valence-electron chi connectivity index (χ1n) is 10.7. The van der Waals surface area contributed by atoms with Crippen LogP contribution in [-0.4, -0.2) is 38.3 Å². The molecule has 0 heterocycles. The van der Waals surface area contributed by atoms with Crippen molar-refractivity contribution in [1.29, 1.82) is 0 Å². The van der Waals surface area contributed by atoms with Gasteiger partial charge in [-0.05, 0) is 64.8 Å². The van der Waals surface area contributed by atoms with Crippen molar-refractivity contribution in [2.75, 3.05) is 25.0 Å². The van der Waals surface area contributed by atoms with E-state index >= 15 is 0 Å². The predicted octanol–water partition coefficient (Wildman–Crippen LogP) is 5.69. The molecule has 170 valence electrons. The van der Waals surface area contributed by atoms with Crippen LogP contribution >= 0.6 is 15.9 Å². The summed E-state index contributed by atoms with van der Waals surface area (Å²) in [7, 11) is -3.52. The summed E-state index contributed by atoms with van der Waals surface area (Å²) in [6.45, 7) is 7.24. The first-order chi connectivity index (χ1) is 14.8. The zero-order chi connectivity index (χ0) is 22.9. The molecule has 2 rings (SSSR count). The molecule has 0 aliphatic carbocycles. The second-order valence-electron chi connectivity index (χ2n) is 7.12. The number of benzene rings is 2. The zero-order valence-corrected chi connectivity index (χ0v) is 20.8. The van der Waals surface area contributed by atoms with Gasteiger partial charge in [0.15, 0.2) is 0 Å². The summed E-state index contributed by atoms with van der Waals surface area (Å²) < 4.78 is 33.0. The minimum absolute atomic E-state index is 0.206. The third kappa shape index (κ3) is 7.05. The molecule has 6 nitrogen and oxygen atoms in total. The molecule has 0 bridgehead atoms. The van der Waals surface area contributed by atoms with Crippen molar-refractivity contribution in [1.82, 2.24) is 4.31 Å². The van der Waals surface area contributed by atoms with E-state index in [1.165, 1.54) is 29.3 Å². The summed E-state index contributed by atoms with van der Waals surface area (Å²) in [6, 6.07) is 11.4. The van der Waals surface area contributed by atoms with E-state index in [2.05, 4.69) is 28.2 Å². The SMILES string of the molecule is CCCCCCOc1ccc(C(=O)Nc2ccc(S(=O)(=O)N(CC)CC)cc2)cc1Br. The second kappa shape index (κ2) is 12.2. The van der Waals surface area contributed by atoms with Crippen LogP contribution in [0.5, 0.6) is 5.75 Å². The van der Waals surface area contributed by atoms with E-state index in [4.69, 9.17) is 4.74 Å². The van der Waals surface area contributed by atoms with E-state index in [0.717, 1.165) is 17.3 Å². The van der Waals surface area contributed by atoms with Gasteiger partial charge in [0.1, 0.15) is 5.75 Å². The summed E-state index contributed by atoms with van der Waals surface area (Å²) in [5, 5.41) is 2.80. The summed E-state index contributed by atoms with van der Waals surface area (Å²) in [5.74, 6) is 0.425. The van der Waals surface area contributed by atoms with Crippen LogP contribution in [0.15, 0.2) is 51.8 Å². The summed E-state index contributed by atoms with van der Waals surface area (Å²) in [4.78, 5) is 12.8. The molecule has 0 saturated carbocycles. The highest BCUT2D eigenvalue weighted by molar-refractivity contribution is 9.10. The Labute approximate surface area is 194 Å². The maximum absolute atomic E-state index is 12.6. The Bertz CT molecular complexity index is 958. The number of rotatable bonds is 12. The Balaban J connectivity index is 2.01. The van der Waals surface area contributed by atoms with Crippen LogP contribution in [0.4, 0.5) is 5.69 Å². The Morgan fingerprint density at radius 1 is 1.00 bits per heavy atom. The third-order valence-corrected chi connectivity index (χ3v) is 7.59. The largest absolute Gasteiger partial charge is 0.492 e. The highest BCUT2D eigenvalue weighted by Gasteiger charge is 2.21. The van der Waals surface area contributed by atoms with Crippen LogP contribution < -0.4 is 10.1 Å². The van der Waals surface area contributed by atoms with Gasteiger partial charge in [0, 0.05) is 24.3 Å². The van der Waals surface area contributed by atoms with E-state index in [-0.39, 0.29) is 10.8 Å². The maximum Gasteiger partial charge on any atom is 0.255 e. The average molecular weight is 511 g/mol. The summed E-state index contributed by atoms with van der Waals surface area (Å²) >= 11 is 3.47. The molecule has 0 unspecified atom stereocenters. The Morgan fingerprint density at radius 2 is 1.68 bits per heavy atom. The molecule has 1 N–H and O–H groups in total. The van der Waals surface area contributed by atoms with E-state index < -0.39 is 10.0 Å². The molecule has 31 heavy (non-hydrogen) atoms. The molecule has 0 fully saturated rings. The fourth-order valence-electron chi connectivity index (χ4n) is 3.10. The van der Waals surface area contributed by atoms with E-state index in [9.17, 15) is 13.2 Å². The lowest BCUT2D eigenvalue weighted by Gasteiger charge is -2.18. The van der Waals surface area contributed by atoms with Crippen molar-refractivity contribution in [2.45, 2.75) is 51.3 Å². The van der Waals surface area contributed by atoms with Crippen molar-refractivity contribution in [3.05, 3.63) is 52.5 Å². The Morgan fingerprint density at radius 3 is 2.26 bits per heavy atom. The average Bonchev–Trinajstić information content (AvgIpc) is 2.75. The van der Waals surface area contributed by atoms with Crippen molar-refractivity contribution in [3.63, 3.8) is 0 Å². The molecule has 8 heteroatoms. The molecule has 1 amide bonds. The van der Waals surface area contributed by atoms with Gasteiger partial charge in [0.25, 0.3) is 5.91 Å². The topological polar surface area (TPSA) is 75.7 Å². The lowest BCUT2D eigenvalue weighted by Crippen LogP contribution is -2.30. The van der Waals surface area contributed by atoms with Crippen molar-refractivity contribution < 1.29 is 17.9 Å². The van der Waals surface area contributed by atoms with Gasteiger partial charge in [-0.25, -0.2) is 8.42 Å². The number of sulfonamides is 1. The minimum atomic E-state index is -3.52. The smallest absolute Gasteiger partial charge is 0.255 e. The standard InChI is InChI=1S/C23H31BrN2O4S/c1-4-7-8-9-16-30-22-15-10-18(17-21(22)24)23(27)25-19-11-13-20(14-12-19)31(28,29)26(5-2)6-3/h10-15,17H,4-9,16H2,1-3H3,(H,25,27). The molecule has 0 aliphatic rings. The number of carbonyl (C=O) groups excluding carboxylic acids is 1. The normalized spacial score (nSPS) is 11.5. The number of hydrogen-bond acceptors (Lipinski definition) is 4. The lowest BCUT2D eigenvalue weighted by atomic mass is 10.2. The van der Waals surface area contributed by atoms with Crippen molar-refractivity contribution in [2.24, 2.45) is 0 Å². The number of amides is 1. The molecular formula is C23H31BrN2O4S. The first-order valence-corrected chi connectivity index (χ1v) is 12.9. The van der Waals surface area contributed by atoms with Crippen molar-refractivity contribution >= 4 is 37.5 Å². The molecule has 0 aliphatic heterocycles. The highest BCUT2D eigenvalue weighted by Crippen LogP contribution is 2.27. The maximum atomic E-state index is 12.6. The zero-order valence-electron chi connectivity index (χ0n) is 18.4. The van der Waals surface area contributed by atoms with Crippen molar-refractivity contribution in [3.8, 4) is 5.75 Å². The number of carbonyl (C=O) groups is 1. The number of hydrogen-bond donors (Lipinski definition) is 1. The van der Waals surface area contributed by atoms with Crippen LogP contribution in [0.3, 0.4) is 0 Å². The second-order valence-corrected chi connectivity index (χ2v) is 9.91. The Hall–Kier alpha value is -1.90. The van der Waals surface area contributed by atoms with Gasteiger partial charge in [0.05, 0.1) is 16.0 Å². The number of anilines is 1. The van der Waals surface area contributed by atoms with Crippen LogP contribution in [0.25, 0.3) is 0 Å². The number of unbranched alkanes of at least 4 members (excludes halogenated alkanes) is 3. The minimum Gasteiger partial charge on any atom is -0.492 e. The summed E-state index contributed by atoms with van der Waals surface area (Å²) in [5.41, 5.74) is 1.00. The van der Waals surface area contributed by atoms with Crippen LogP contribution in [0.2, 0.25) is 0 Å². The number of halogens is 1. The van der Waals surface area contributed by atoms with Crippen LogP contribution in [0.1, 0.15) is 56.8 Å². The fourth-order valence-corrected chi connectivity index (χ4v) is 5.05. The fraction of sp³-hybridized carbons (Fsp3) is 0.435. The molecular weight excluding hydrogens is 480 g/mol. The molecule has 0 saturated heterocycles. The monoisotopic (exact) mass is 510 g/mol. The Kier molecular flexibility index (Phi) is 9.99. The van der Waals surface area contributed by atoms with Gasteiger partial charge in [-0.15, -0.1) is 0 Å². The molecule has 0 radical (unpaired) electrons. The quantitative estimate of drug-likeness (QED) is 0.372. The molecule has 0 atom stereocenters. The van der Waals surface area contributed by atoms with Crippen LogP contribution in [0, 0.1) is 0 Å². The van der Waals surface area contributed by atoms with Gasteiger partial charge in [0.2, 0.25) is 10.0 Å². The molecule has 0 spiro atoms. The molecule has 2 aromatic carbocycles. The summed E-state index contributed by atoms with van der Waals surface area (Å²) in [6.07, 6.45) is 4.53. The lowest BCUT2D eigenvalue weighted by molar-refractivity contribution is 0.102. The predicted molar refractivity (Wildman–Crippen MR) is 128 cm³/mol. The van der Waals surface area contributed by atoms with E-state index in [0.29, 0.717) is 36.7 Å². The number of ether oxygens (including phenoxy) is 1. The third-order valence-electron chi connectivity index (χ3n) is 4.90. The van der Waals surface area contributed by atoms with Gasteiger partial charge in [-0.1, -0.05) is 40.0 Å². The van der Waals surface area contributed by atoms with E-state index in [1.54, 1.807) is 44.2 Å². The van der Waals surface area contributed by atoms with E-state index in [1.807, 2.05) is 0 Å².